The molecule has 0 amide bonds. The van der Waals surface area contributed by atoms with Crippen LogP contribution in [-0.2, 0) is 10.1 Å². The van der Waals surface area contributed by atoms with Crippen molar-refractivity contribution in [3.05, 3.63) is 35.4 Å². The zero-order valence-electron chi connectivity index (χ0n) is 8.62. The number of rotatable bonds is 0. The number of aryl methyl sites for hydroxylation is 2. The first-order chi connectivity index (χ1) is 7.05. The fourth-order valence-corrected chi connectivity index (χ4v) is 0.663. The van der Waals surface area contributed by atoms with E-state index in [0.717, 1.165) is 0 Å². The smallest absolute Gasteiger partial charge is 0.279 e. The molecule has 0 heterocycles. The first kappa shape index (κ1) is 14.9. The van der Waals surface area contributed by atoms with Crippen LogP contribution in [0.25, 0.3) is 0 Å². The maximum absolute atomic E-state index is 10.7. The van der Waals surface area contributed by atoms with E-state index in [9.17, 15) is 13.2 Å². The molecule has 0 aliphatic carbocycles. The quantitative estimate of drug-likeness (QED) is 0.573. The highest BCUT2D eigenvalue weighted by molar-refractivity contribution is 7.86. The standard InChI is InChI=1S/C8H10.CHF3O3S/c1-7-5-3-4-6-8(7)2;2-1(3,4)8(5,6)7/h3-6H,1-2H3;(H,5,6,7). The molecular weight excluding hydrogens is 245 g/mol. The van der Waals surface area contributed by atoms with E-state index >= 15 is 0 Å². The van der Waals surface area contributed by atoms with E-state index in [1.54, 1.807) is 0 Å². The van der Waals surface area contributed by atoms with Crippen LogP contribution in [0.1, 0.15) is 11.1 Å². The topological polar surface area (TPSA) is 54.4 Å². The van der Waals surface area contributed by atoms with Gasteiger partial charge in [-0.1, -0.05) is 24.3 Å². The van der Waals surface area contributed by atoms with Crippen molar-refractivity contribution in [2.75, 3.05) is 0 Å². The lowest BCUT2D eigenvalue weighted by molar-refractivity contribution is -0.0510. The van der Waals surface area contributed by atoms with Crippen LogP contribution in [0.2, 0.25) is 0 Å². The van der Waals surface area contributed by atoms with Gasteiger partial charge in [0.2, 0.25) is 0 Å². The van der Waals surface area contributed by atoms with Crippen molar-refractivity contribution in [3.8, 4) is 0 Å². The maximum atomic E-state index is 10.7. The Labute approximate surface area is 91.7 Å². The summed E-state index contributed by atoms with van der Waals surface area (Å²) in [4.78, 5) is 0. The van der Waals surface area contributed by atoms with Crippen molar-refractivity contribution in [3.63, 3.8) is 0 Å². The lowest BCUT2D eigenvalue weighted by Gasteiger charge is -1.97. The molecular formula is C9H11F3O3S. The molecule has 3 nitrogen and oxygen atoms in total. The largest absolute Gasteiger partial charge is 0.522 e. The molecule has 0 aromatic heterocycles. The normalized spacial score (nSPS) is 11.6. The summed E-state index contributed by atoms with van der Waals surface area (Å²) in [5.41, 5.74) is -2.80. The number of benzene rings is 1. The van der Waals surface area contributed by atoms with E-state index in [1.807, 2.05) is 0 Å². The second kappa shape index (κ2) is 5.31. The first-order valence-electron chi connectivity index (χ1n) is 4.11. The summed E-state index contributed by atoms with van der Waals surface area (Å²) in [5.74, 6) is 0. The van der Waals surface area contributed by atoms with Gasteiger partial charge in [0.1, 0.15) is 0 Å². The molecule has 1 aromatic rings. The molecule has 0 saturated carbocycles. The van der Waals surface area contributed by atoms with Gasteiger partial charge in [-0.3, -0.25) is 4.55 Å². The van der Waals surface area contributed by atoms with Crippen molar-refractivity contribution in [1.82, 2.24) is 0 Å². The van der Waals surface area contributed by atoms with E-state index in [4.69, 9.17) is 13.0 Å². The summed E-state index contributed by atoms with van der Waals surface area (Å²) in [6.07, 6.45) is 0. The summed E-state index contributed by atoms with van der Waals surface area (Å²) in [6.45, 7) is 4.24. The molecule has 7 heteroatoms. The number of hydrogen-bond donors (Lipinski definition) is 1. The highest BCUT2D eigenvalue weighted by atomic mass is 32.2. The first-order valence-corrected chi connectivity index (χ1v) is 5.55. The fraction of sp³-hybridized carbons (Fsp3) is 0.333. The molecule has 0 unspecified atom stereocenters. The van der Waals surface area contributed by atoms with Crippen molar-refractivity contribution < 1.29 is 26.1 Å². The molecule has 0 saturated heterocycles. The Kier molecular flexibility index (Phi) is 4.95. The van der Waals surface area contributed by atoms with Gasteiger partial charge in [-0.2, -0.15) is 21.6 Å². The zero-order valence-corrected chi connectivity index (χ0v) is 9.43. The third-order valence-corrected chi connectivity index (χ3v) is 2.30. The molecule has 1 rings (SSSR count). The Hall–Kier alpha value is -1.08. The Morgan fingerprint density at radius 3 is 1.44 bits per heavy atom. The lowest BCUT2D eigenvalue weighted by Crippen LogP contribution is -2.21. The van der Waals surface area contributed by atoms with Gasteiger partial charge in [-0.05, 0) is 25.0 Å². The molecule has 16 heavy (non-hydrogen) atoms. The van der Waals surface area contributed by atoms with E-state index in [1.165, 1.54) is 11.1 Å². The summed E-state index contributed by atoms with van der Waals surface area (Å²) in [5, 5.41) is 0. The summed E-state index contributed by atoms with van der Waals surface area (Å²) >= 11 is 0. The van der Waals surface area contributed by atoms with Crippen LogP contribution in [0.4, 0.5) is 13.2 Å². The molecule has 0 fully saturated rings. The Bertz CT molecular complexity index is 417. The average molecular weight is 256 g/mol. The van der Waals surface area contributed by atoms with Crippen molar-refractivity contribution >= 4 is 10.1 Å². The van der Waals surface area contributed by atoms with Gasteiger partial charge < -0.3 is 0 Å². The Morgan fingerprint density at radius 2 is 1.31 bits per heavy atom. The van der Waals surface area contributed by atoms with Gasteiger partial charge in [0.25, 0.3) is 0 Å². The van der Waals surface area contributed by atoms with E-state index in [2.05, 4.69) is 38.1 Å². The summed E-state index contributed by atoms with van der Waals surface area (Å²) in [6, 6.07) is 8.36. The third-order valence-electron chi connectivity index (χ3n) is 1.72. The minimum Gasteiger partial charge on any atom is -0.279 e. The molecule has 0 radical (unpaired) electrons. The second-order valence-corrected chi connectivity index (χ2v) is 4.42. The highest BCUT2D eigenvalue weighted by Crippen LogP contribution is 2.20. The fourth-order valence-electron chi connectivity index (χ4n) is 0.663. The average Bonchev–Trinajstić information content (AvgIpc) is 2.08. The predicted molar refractivity (Wildman–Crippen MR) is 53.5 cm³/mol. The van der Waals surface area contributed by atoms with Gasteiger partial charge in [0.15, 0.2) is 0 Å². The summed E-state index contributed by atoms with van der Waals surface area (Å²) < 4.78 is 57.5. The number of alkyl halides is 3. The van der Waals surface area contributed by atoms with E-state index in [-0.39, 0.29) is 0 Å². The third kappa shape index (κ3) is 5.13. The van der Waals surface area contributed by atoms with Crippen LogP contribution in [0.5, 0.6) is 0 Å². The van der Waals surface area contributed by atoms with E-state index < -0.39 is 15.6 Å². The molecule has 1 aromatic carbocycles. The predicted octanol–water partition coefficient (Wildman–Crippen LogP) is 2.70. The molecule has 0 aliphatic rings. The van der Waals surface area contributed by atoms with E-state index in [0.29, 0.717) is 0 Å². The van der Waals surface area contributed by atoms with Gasteiger partial charge >= 0.3 is 15.6 Å². The number of hydrogen-bond acceptors (Lipinski definition) is 2. The minimum absolute atomic E-state index is 1.37. The van der Waals surface area contributed by atoms with Gasteiger partial charge in [-0.25, -0.2) is 0 Å². The molecule has 0 aliphatic heterocycles. The van der Waals surface area contributed by atoms with Crippen LogP contribution in [0.3, 0.4) is 0 Å². The van der Waals surface area contributed by atoms with Crippen LogP contribution < -0.4 is 0 Å². The molecule has 0 spiro atoms. The maximum Gasteiger partial charge on any atom is 0.522 e. The highest BCUT2D eigenvalue weighted by Gasteiger charge is 2.44. The monoisotopic (exact) mass is 256 g/mol. The Morgan fingerprint density at radius 1 is 1.06 bits per heavy atom. The van der Waals surface area contributed by atoms with Crippen LogP contribution in [0, 0.1) is 13.8 Å². The molecule has 1 N–H and O–H groups in total. The van der Waals surface area contributed by atoms with Crippen molar-refractivity contribution in [2.24, 2.45) is 0 Å². The van der Waals surface area contributed by atoms with Gasteiger partial charge in [-0.15, -0.1) is 0 Å². The lowest BCUT2D eigenvalue weighted by atomic mass is 10.1. The van der Waals surface area contributed by atoms with Gasteiger partial charge in [0.05, 0.1) is 0 Å². The van der Waals surface area contributed by atoms with Crippen molar-refractivity contribution in [1.29, 1.82) is 0 Å². The van der Waals surface area contributed by atoms with Crippen LogP contribution in [-0.4, -0.2) is 18.5 Å². The molecule has 0 atom stereocenters. The molecule has 0 bridgehead atoms. The van der Waals surface area contributed by atoms with Gasteiger partial charge in [0, 0.05) is 0 Å². The van der Waals surface area contributed by atoms with Crippen LogP contribution in [0.15, 0.2) is 24.3 Å². The van der Waals surface area contributed by atoms with Crippen molar-refractivity contribution in [2.45, 2.75) is 19.4 Å². The SMILES string of the molecule is Cc1ccccc1C.O=S(=O)(O)C(F)(F)F. The Balaban J connectivity index is 0.000000281. The minimum atomic E-state index is -5.84. The number of halogens is 3. The molecule has 92 valence electrons. The second-order valence-electron chi connectivity index (χ2n) is 3.01. The zero-order chi connectivity index (χ0) is 13.0. The van der Waals surface area contributed by atoms with Crippen LogP contribution >= 0.6 is 0 Å². The summed E-state index contributed by atoms with van der Waals surface area (Å²) in [7, 11) is -5.84.